The van der Waals surface area contributed by atoms with Crippen molar-refractivity contribution in [2.45, 2.75) is 71.3 Å². The molecule has 0 radical (unpaired) electrons. The Morgan fingerprint density at radius 2 is 2.05 bits per heavy atom. The molecular weight excluding hydrogens is 242 g/mol. The molecule has 4 nitrogen and oxygen atoms in total. The number of likely N-dealkylation sites (tertiary alicyclic amines) is 1. The van der Waals surface area contributed by atoms with E-state index in [1.165, 1.54) is 0 Å². The molecule has 1 N–H and O–H groups in total. The Labute approximate surface area is 116 Å². The van der Waals surface area contributed by atoms with Gasteiger partial charge in [0.05, 0.1) is 24.2 Å². The molecule has 2 saturated heterocycles. The minimum absolute atomic E-state index is 0.00491. The van der Waals surface area contributed by atoms with Crippen molar-refractivity contribution in [3.8, 4) is 0 Å². The Bertz CT molecular complexity index is 331. The number of carbonyl (C=O) groups excluding carboxylic acids is 1. The summed E-state index contributed by atoms with van der Waals surface area (Å²) in [7, 11) is 0. The van der Waals surface area contributed by atoms with E-state index in [0.717, 1.165) is 19.4 Å². The van der Waals surface area contributed by atoms with Gasteiger partial charge in [-0.15, -0.1) is 0 Å². The van der Waals surface area contributed by atoms with Crippen molar-refractivity contribution in [2.24, 2.45) is 11.8 Å². The number of rotatable bonds is 3. The monoisotopic (exact) mass is 269 g/mol. The van der Waals surface area contributed by atoms with Crippen LogP contribution in [0.15, 0.2) is 0 Å². The predicted molar refractivity (Wildman–Crippen MR) is 73.7 cm³/mol. The van der Waals surface area contributed by atoms with Crippen molar-refractivity contribution in [3.05, 3.63) is 0 Å². The molecule has 2 heterocycles. The predicted octanol–water partition coefficient (Wildman–Crippen LogP) is 1.81. The van der Waals surface area contributed by atoms with Crippen molar-refractivity contribution in [3.63, 3.8) is 0 Å². The smallest absolute Gasteiger partial charge is 0.228 e. The molecule has 19 heavy (non-hydrogen) atoms. The number of nitrogens with zero attached hydrogens (tertiary/aromatic N) is 1. The van der Waals surface area contributed by atoms with Crippen LogP contribution in [0.5, 0.6) is 0 Å². The molecule has 0 aromatic heterocycles. The van der Waals surface area contributed by atoms with Gasteiger partial charge in [-0.3, -0.25) is 4.79 Å². The van der Waals surface area contributed by atoms with E-state index < -0.39 is 0 Å². The lowest BCUT2D eigenvalue weighted by Gasteiger charge is -2.30. The summed E-state index contributed by atoms with van der Waals surface area (Å²) >= 11 is 0. The van der Waals surface area contributed by atoms with Gasteiger partial charge in [-0.05, 0) is 46.0 Å². The first-order chi connectivity index (χ1) is 8.91. The number of hydrogen-bond acceptors (Lipinski definition) is 3. The van der Waals surface area contributed by atoms with E-state index in [2.05, 4.69) is 6.92 Å². The Morgan fingerprint density at radius 1 is 1.37 bits per heavy atom. The molecule has 0 aromatic rings. The third-order valence-corrected chi connectivity index (χ3v) is 4.80. The van der Waals surface area contributed by atoms with Gasteiger partial charge >= 0.3 is 0 Å². The van der Waals surface area contributed by atoms with Crippen LogP contribution < -0.4 is 0 Å². The number of amides is 1. The van der Waals surface area contributed by atoms with Gasteiger partial charge < -0.3 is 14.7 Å². The topological polar surface area (TPSA) is 49.8 Å². The quantitative estimate of drug-likeness (QED) is 0.850. The first kappa shape index (κ1) is 14.8. The van der Waals surface area contributed by atoms with Crippen molar-refractivity contribution in [1.29, 1.82) is 0 Å². The third kappa shape index (κ3) is 2.95. The molecule has 2 aliphatic rings. The van der Waals surface area contributed by atoms with Gasteiger partial charge in [0.25, 0.3) is 0 Å². The van der Waals surface area contributed by atoms with Crippen LogP contribution in [-0.4, -0.2) is 46.8 Å². The van der Waals surface area contributed by atoms with E-state index in [1.807, 2.05) is 18.7 Å². The van der Waals surface area contributed by atoms with Crippen LogP contribution in [0, 0.1) is 11.8 Å². The largest absolute Gasteiger partial charge is 0.393 e. The maximum atomic E-state index is 12.8. The van der Waals surface area contributed by atoms with E-state index in [4.69, 9.17) is 4.74 Å². The molecule has 0 aromatic carbocycles. The van der Waals surface area contributed by atoms with Gasteiger partial charge in [-0.25, -0.2) is 0 Å². The minimum atomic E-state index is -0.341. The highest BCUT2D eigenvalue weighted by atomic mass is 16.5. The van der Waals surface area contributed by atoms with Crippen LogP contribution in [0.2, 0.25) is 0 Å². The molecule has 1 amide bonds. The first-order valence-electron chi connectivity index (χ1n) is 7.55. The molecule has 0 spiro atoms. The molecule has 4 heteroatoms. The normalized spacial score (nSPS) is 40.7. The van der Waals surface area contributed by atoms with Crippen LogP contribution >= 0.6 is 0 Å². The SMILES string of the molecule is CC(O)CC1CCCN1C(=O)C1C(C)OC(C)C1C. The van der Waals surface area contributed by atoms with E-state index in [1.54, 1.807) is 6.92 Å². The Kier molecular flexibility index (Phi) is 4.51. The lowest BCUT2D eigenvalue weighted by molar-refractivity contribution is -0.139. The van der Waals surface area contributed by atoms with Crippen LogP contribution in [0.3, 0.4) is 0 Å². The molecular formula is C15H27NO3. The molecule has 0 bridgehead atoms. The van der Waals surface area contributed by atoms with Gasteiger partial charge in [0, 0.05) is 12.6 Å². The average molecular weight is 269 g/mol. The van der Waals surface area contributed by atoms with Crippen LogP contribution in [-0.2, 0) is 9.53 Å². The zero-order valence-corrected chi connectivity index (χ0v) is 12.5. The summed E-state index contributed by atoms with van der Waals surface area (Å²) in [6.07, 6.45) is 2.58. The first-order valence-corrected chi connectivity index (χ1v) is 7.55. The lowest BCUT2D eigenvalue weighted by atomic mass is 9.88. The van der Waals surface area contributed by atoms with Gasteiger partial charge in [0.15, 0.2) is 0 Å². The van der Waals surface area contributed by atoms with E-state index >= 15 is 0 Å². The maximum absolute atomic E-state index is 12.8. The summed E-state index contributed by atoms with van der Waals surface area (Å²) in [5, 5.41) is 9.56. The third-order valence-electron chi connectivity index (χ3n) is 4.80. The second kappa shape index (κ2) is 5.80. The molecule has 6 unspecified atom stereocenters. The number of ether oxygens (including phenoxy) is 1. The van der Waals surface area contributed by atoms with Crippen molar-refractivity contribution in [1.82, 2.24) is 4.90 Å². The minimum Gasteiger partial charge on any atom is -0.393 e. The molecule has 2 rings (SSSR count). The summed E-state index contributed by atoms with van der Waals surface area (Å²) < 4.78 is 5.79. The zero-order valence-electron chi connectivity index (χ0n) is 12.5. The summed E-state index contributed by atoms with van der Waals surface area (Å²) in [4.78, 5) is 14.8. The fraction of sp³-hybridized carbons (Fsp3) is 0.933. The highest BCUT2D eigenvalue weighted by Gasteiger charge is 2.45. The number of hydrogen-bond donors (Lipinski definition) is 1. The van der Waals surface area contributed by atoms with Crippen LogP contribution in [0.1, 0.15) is 47.0 Å². The van der Waals surface area contributed by atoms with Crippen molar-refractivity contribution >= 4 is 5.91 Å². The number of carbonyl (C=O) groups is 1. The molecule has 2 fully saturated rings. The van der Waals surface area contributed by atoms with E-state index in [-0.39, 0.29) is 42.1 Å². The van der Waals surface area contributed by atoms with Crippen molar-refractivity contribution < 1.29 is 14.6 Å². The highest BCUT2D eigenvalue weighted by molar-refractivity contribution is 5.80. The maximum Gasteiger partial charge on any atom is 0.228 e. The summed E-state index contributed by atoms with van der Waals surface area (Å²) in [5.41, 5.74) is 0. The highest BCUT2D eigenvalue weighted by Crippen LogP contribution is 2.35. The van der Waals surface area contributed by atoms with E-state index in [0.29, 0.717) is 6.42 Å². The summed E-state index contributed by atoms with van der Waals surface area (Å²) in [6.45, 7) is 8.79. The van der Waals surface area contributed by atoms with Gasteiger partial charge in [-0.2, -0.15) is 0 Å². The molecule has 0 aliphatic carbocycles. The standard InChI is InChI=1S/C15H27NO3/c1-9(17)8-13-6-5-7-16(13)15(18)14-10(2)11(3)19-12(14)4/h9-14,17H,5-8H2,1-4H3. The summed E-state index contributed by atoms with van der Waals surface area (Å²) in [5.74, 6) is 0.479. The Hall–Kier alpha value is -0.610. The number of aliphatic hydroxyl groups excluding tert-OH is 1. The molecule has 110 valence electrons. The molecule has 2 aliphatic heterocycles. The van der Waals surface area contributed by atoms with Crippen molar-refractivity contribution in [2.75, 3.05) is 6.54 Å². The van der Waals surface area contributed by atoms with Gasteiger partial charge in [0.2, 0.25) is 5.91 Å². The Morgan fingerprint density at radius 3 is 2.58 bits per heavy atom. The fourth-order valence-corrected chi connectivity index (χ4v) is 3.65. The molecule has 0 saturated carbocycles. The molecule has 6 atom stereocenters. The zero-order chi connectivity index (χ0) is 14.2. The second-order valence-electron chi connectivity index (χ2n) is 6.34. The van der Waals surface area contributed by atoms with Crippen LogP contribution in [0.4, 0.5) is 0 Å². The van der Waals surface area contributed by atoms with Gasteiger partial charge in [-0.1, -0.05) is 6.92 Å². The Balaban J connectivity index is 2.06. The summed E-state index contributed by atoms with van der Waals surface area (Å²) in [6, 6.07) is 0.211. The number of aliphatic hydroxyl groups is 1. The average Bonchev–Trinajstić information content (AvgIpc) is 2.84. The van der Waals surface area contributed by atoms with Gasteiger partial charge in [0.1, 0.15) is 0 Å². The van der Waals surface area contributed by atoms with E-state index in [9.17, 15) is 9.90 Å². The fourth-order valence-electron chi connectivity index (χ4n) is 3.65. The van der Waals surface area contributed by atoms with Crippen LogP contribution in [0.25, 0.3) is 0 Å². The lowest BCUT2D eigenvalue weighted by Crippen LogP contribution is -2.44. The second-order valence-corrected chi connectivity index (χ2v) is 6.34.